The predicted molar refractivity (Wildman–Crippen MR) is 241 cm³/mol. The first-order chi connectivity index (χ1) is 27.1. The molecular formula is C50H99NO4. The number of nitrogens with one attached hydrogen (secondary N) is 1. The van der Waals surface area contributed by atoms with E-state index in [1.807, 2.05) is 0 Å². The van der Waals surface area contributed by atoms with Gasteiger partial charge in [0, 0.05) is 0 Å². The Bertz CT molecular complexity index is 773. The third-order valence-electron chi connectivity index (χ3n) is 11.9. The summed E-state index contributed by atoms with van der Waals surface area (Å²) in [4.78, 5) is 12.5. The lowest BCUT2D eigenvalue weighted by atomic mass is 10.0. The molecule has 0 aromatic rings. The van der Waals surface area contributed by atoms with Gasteiger partial charge in [-0.25, -0.2) is 0 Å². The van der Waals surface area contributed by atoms with Crippen molar-refractivity contribution in [1.29, 1.82) is 0 Å². The Morgan fingerprint density at radius 3 is 1.00 bits per heavy atom. The average Bonchev–Trinajstić information content (AvgIpc) is 3.19. The van der Waals surface area contributed by atoms with Gasteiger partial charge in [-0.1, -0.05) is 251 Å². The highest BCUT2D eigenvalue weighted by molar-refractivity contribution is 5.80. The van der Waals surface area contributed by atoms with E-state index < -0.39 is 24.2 Å². The maximum atomic E-state index is 12.5. The lowest BCUT2D eigenvalue weighted by Crippen LogP contribution is -2.49. The Morgan fingerprint density at radius 1 is 0.418 bits per heavy atom. The van der Waals surface area contributed by atoms with Gasteiger partial charge in [-0.15, -0.1) is 0 Å². The molecule has 3 atom stereocenters. The molecule has 0 saturated heterocycles. The summed E-state index contributed by atoms with van der Waals surface area (Å²) < 4.78 is 0. The smallest absolute Gasteiger partial charge is 0.249 e. The SMILES string of the molecule is CCCCCCCCCCCCCC/C=C\CCCCCCCCCCCCCCCCCC(O)C(=O)NC(CO)C(O)CCCCCCCCCCCC. The molecule has 5 heteroatoms. The van der Waals surface area contributed by atoms with Crippen LogP contribution in [0.3, 0.4) is 0 Å². The molecule has 55 heavy (non-hydrogen) atoms. The maximum absolute atomic E-state index is 12.5. The van der Waals surface area contributed by atoms with Crippen molar-refractivity contribution >= 4 is 5.91 Å². The first-order valence-corrected chi connectivity index (χ1v) is 25.0. The van der Waals surface area contributed by atoms with Gasteiger partial charge in [0.1, 0.15) is 6.10 Å². The van der Waals surface area contributed by atoms with E-state index in [0.717, 1.165) is 32.1 Å². The topological polar surface area (TPSA) is 89.8 Å². The summed E-state index contributed by atoms with van der Waals surface area (Å²) >= 11 is 0. The van der Waals surface area contributed by atoms with Crippen molar-refractivity contribution in [2.45, 2.75) is 295 Å². The third-order valence-corrected chi connectivity index (χ3v) is 11.9. The molecule has 0 rings (SSSR count). The number of carbonyl (C=O) groups is 1. The molecule has 328 valence electrons. The molecule has 0 aliphatic rings. The molecule has 5 nitrogen and oxygen atoms in total. The average molecular weight is 778 g/mol. The summed E-state index contributed by atoms with van der Waals surface area (Å²) in [5, 5.41) is 33.3. The van der Waals surface area contributed by atoms with E-state index in [4.69, 9.17) is 0 Å². The van der Waals surface area contributed by atoms with E-state index >= 15 is 0 Å². The Kier molecular flexibility index (Phi) is 45.0. The van der Waals surface area contributed by atoms with Crippen molar-refractivity contribution in [1.82, 2.24) is 5.32 Å². The second-order valence-electron chi connectivity index (χ2n) is 17.4. The first-order valence-electron chi connectivity index (χ1n) is 25.0. The first kappa shape index (κ1) is 54.1. The standard InChI is InChI=1S/C50H99NO4/c1-3-5-7-9-11-13-15-16-17-18-19-20-21-22-23-24-25-26-27-28-29-30-31-32-33-34-35-37-39-41-43-45-49(54)50(55)51-47(46-52)48(53)44-42-40-38-36-14-12-10-8-6-4-2/h22-23,47-49,52-54H,3-21,24-46H2,1-2H3,(H,51,55)/b23-22-. The molecule has 1 amide bonds. The lowest BCUT2D eigenvalue weighted by Gasteiger charge is -2.23. The lowest BCUT2D eigenvalue weighted by molar-refractivity contribution is -0.131. The summed E-state index contributed by atoms with van der Waals surface area (Å²) in [6.07, 6.45) is 55.4. The van der Waals surface area contributed by atoms with Crippen LogP contribution in [0.15, 0.2) is 12.2 Å². The Balaban J connectivity index is 3.46. The molecule has 0 aromatic heterocycles. The molecule has 0 radical (unpaired) electrons. The maximum Gasteiger partial charge on any atom is 0.249 e. The fourth-order valence-electron chi connectivity index (χ4n) is 7.95. The van der Waals surface area contributed by atoms with Gasteiger partial charge in [-0.05, 0) is 38.5 Å². The van der Waals surface area contributed by atoms with Gasteiger partial charge in [0.15, 0.2) is 0 Å². The van der Waals surface area contributed by atoms with Gasteiger partial charge >= 0.3 is 0 Å². The minimum atomic E-state index is -1.07. The van der Waals surface area contributed by atoms with Crippen LogP contribution in [-0.4, -0.2) is 46.1 Å². The molecule has 4 N–H and O–H groups in total. The second-order valence-corrected chi connectivity index (χ2v) is 17.4. The number of aliphatic hydroxyl groups is 3. The summed E-state index contributed by atoms with van der Waals surface area (Å²) in [7, 11) is 0. The van der Waals surface area contributed by atoms with Crippen LogP contribution in [0, 0.1) is 0 Å². The highest BCUT2D eigenvalue weighted by atomic mass is 16.3. The van der Waals surface area contributed by atoms with Crippen LogP contribution < -0.4 is 5.32 Å². The second kappa shape index (κ2) is 45.8. The van der Waals surface area contributed by atoms with E-state index in [-0.39, 0.29) is 6.61 Å². The molecule has 3 unspecified atom stereocenters. The van der Waals surface area contributed by atoms with Crippen molar-refractivity contribution < 1.29 is 20.1 Å². The molecule has 0 bridgehead atoms. The van der Waals surface area contributed by atoms with Gasteiger partial charge in [0.05, 0.1) is 18.8 Å². The van der Waals surface area contributed by atoms with Gasteiger partial charge < -0.3 is 20.6 Å². The fourth-order valence-corrected chi connectivity index (χ4v) is 7.95. The Labute approximate surface area is 344 Å². The number of hydrogen-bond acceptors (Lipinski definition) is 4. The normalized spacial score (nSPS) is 13.5. The number of hydrogen-bond donors (Lipinski definition) is 4. The number of allylic oxidation sites excluding steroid dienone is 2. The van der Waals surface area contributed by atoms with Crippen molar-refractivity contribution in [3.63, 3.8) is 0 Å². The summed E-state index contributed by atoms with van der Waals surface area (Å²) in [6, 6.07) is -0.707. The van der Waals surface area contributed by atoms with Gasteiger partial charge in [-0.3, -0.25) is 4.79 Å². The van der Waals surface area contributed by atoms with E-state index in [9.17, 15) is 20.1 Å². The largest absolute Gasteiger partial charge is 0.394 e. The van der Waals surface area contributed by atoms with E-state index in [1.54, 1.807) is 0 Å². The van der Waals surface area contributed by atoms with Crippen molar-refractivity contribution in [3.8, 4) is 0 Å². The molecule has 0 aromatic carbocycles. The summed E-state index contributed by atoms with van der Waals surface area (Å²) in [6.45, 7) is 4.23. The van der Waals surface area contributed by atoms with Gasteiger partial charge in [0.25, 0.3) is 0 Å². The number of aliphatic hydroxyl groups excluding tert-OH is 3. The van der Waals surface area contributed by atoms with Crippen LogP contribution >= 0.6 is 0 Å². The summed E-state index contributed by atoms with van der Waals surface area (Å²) in [5.74, 6) is -0.468. The molecule has 0 aliphatic carbocycles. The van der Waals surface area contributed by atoms with Crippen molar-refractivity contribution in [2.75, 3.05) is 6.61 Å². The van der Waals surface area contributed by atoms with Gasteiger partial charge in [0.2, 0.25) is 5.91 Å². The quantitative estimate of drug-likeness (QED) is 0.0366. The van der Waals surface area contributed by atoms with E-state index in [0.29, 0.717) is 12.8 Å². The van der Waals surface area contributed by atoms with E-state index in [1.165, 1.54) is 218 Å². The molecular weight excluding hydrogens is 679 g/mol. The van der Waals surface area contributed by atoms with Crippen molar-refractivity contribution in [3.05, 3.63) is 12.2 Å². The van der Waals surface area contributed by atoms with Crippen LogP contribution in [-0.2, 0) is 4.79 Å². The molecule has 0 heterocycles. The molecule has 0 fully saturated rings. The zero-order valence-corrected chi connectivity index (χ0v) is 37.3. The molecule has 0 spiro atoms. The zero-order chi connectivity index (χ0) is 40.1. The number of rotatable bonds is 46. The number of carbonyl (C=O) groups excluding carboxylic acids is 1. The van der Waals surface area contributed by atoms with Crippen LogP contribution in [0.1, 0.15) is 277 Å². The zero-order valence-electron chi connectivity index (χ0n) is 37.3. The number of amides is 1. The highest BCUT2D eigenvalue weighted by Crippen LogP contribution is 2.17. The van der Waals surface area contributed by atoms with E-state index in [2.05, 4.69) is 31.3 Å². The monoisotopic (exact) mass is 778 g/mol. The molecule has 0 saturated carbocycles. The van der Waals surface area contributed by atoms with Crippen molar-refractivity contribution in [2.24, 2.45) is 0 Å². The molecule has 0 aliphatic heterocycles. The Hall–Kier alpha value is -0.910. The van der Waals surface area contributed by atoms with Crippen LogP contribution in [0.25, 0.3) is 0 Å². The van der Waals surface area contributed by atoms with Gasteiger partial charge in [-0.2, -0.15) is 0 Å². The minimum absolute atomic E-state index is 0.310. The summed E-state index contributed by atoms with van der Waals surface area (Å²) in [5.41, 5.74) is 0. The van der Waals surface area contributed by atoms with Crippen LogP contribution in [0.4, 0.5) is 0 Å². The highest BCUT2D eigenvalue weighted by Gasteiger charge is 2.23. The van der Waals surface area contributed by atoms with Crippen LogP contribution in [0.2, 0.25) is 0 Å². The predicted octanol–water partition coefficient (Wildman–Crippen LogP) is 14.8. The van der Waals surface area contributed by atoms with Crippen LogP contribution in [0.5, 0.6) is 0 Å². The fraction of sp³-hybridized carbons (Fsp3) is 0.940. The number of unbranched alkanes of at least 4 members (excludes halogenated alkanes) is 36. The Morgan fingerprint density at radius 2 is 0.691 bits per heavy atom. The minimum Gasteiger partial charge on any atom is -0.394 e. The third kappa shape index (κ3) is 41.1.